The van der Waals surface area contributed by atoms with Crippen molar-refractivity contribution in [3.05, 3.63) is 53.1 Å². The predicted molar refractivity (Wildman–Crippen MR) is 136 cm³/mol. The number of nitrogens with one attached hydrogen (secondary N) is 1. The van der Waals surface area contributed by atoms with Crippen LogP contribution in [0.3, 0.4) is 0 Å². The molecule has 2 aromatic heterocycles. The highest BCUT2D eigenvalue weighted by atomic mass is 16.5. The minimum atomic E-state index is -0.430. The first-order chi connectivity index (χ1) is 17.9. The van der Waals surface area contributed by atoms with Crippen LogP contribution in [-0.2, 0) is 36.9 Å². The third kappa shape index (κ3) is 6.15. The quantitative estimate of drug-likeness (QED) is 0.291. The lowest BCUT2D eigenvalue weighted by molar-refractivity contribution is -0.143. The van der Waals surface area contributed by atoms with Gasteiger partial charge in [-0.15, -0.1) is 0 Å². The average Bonchev–Trinajstić information content (AvgIpc) is 3.50. The van der Waals surface area contributed by atoms with E-state index in [1.807, 2.05) is 29.2 Å². The van der Waals surface area contributed by atoms with Gasteiger partial charge in [0.15, 0.2) is 0 Å². The lowest BCUT2D eigenvalue weighted by Gasteiger charge is -2.35. The van der Waals surface area contributed by atoms with Crippen LogP contribution in [0.15, 0.2) is 34.7 Å². The summed E-state index contributed by atoms with van der Waals surface area (Å²) in [6.45, 7) is 4.10. The number of esters is 2. The molecule has 0 radical (unpaired) electrons. The molecule has 1 N–H and O–H groups in total. The molecule has 1 aromatic carbocycles. The van der Waals surface area contributed by atoms with E-state index >= 15 is 0 Å². The van der Waals surface area contributed by atoms with Gasteiger partial charge in [-0.05, 0) is 62.1 Å². The van der Waals surface area contributed by atoms with Crippen LogP contribution in [0.4, 0.5) is 0 Å². The summed E-state index contributed by atoms with van der Waals surface area (Å²) < 4.78 is 21.6. The maximum absolute atomic E-state index is 13.4. The number of aromatic amines is 1. The number of ether oxygens (including phenoxy) is 3. The molecule has 1 aliphatic rings. The van der Waals surface area contributed by atoms with Crippen molar-refractivity contribution in [1.29, 1.82) is 0 Å². The molecule has 1 aliphatic heterocycles. The third-order valence-electron chi connectivity index (χ3n) is 6.60. The summed E-state index contributed by atoms with van der Waals surface area (Å²) in [4.78, 5) is 41.6. The molecule has 0 spiro atoms. The molecule has 37 heavy (non-hydrogen) atoms. The predicted octanol–water partition coefficient (Wildman–Crippen LogP) is 4.82. The Balaban J connectivity index is 1.55. The van der Waals surface area contributed by atoms with Gasteiger partial charge in [0, 0.05) is 37.2 Å². The van der Waals surface area contributed by atoms with Crippen LogP contribution >= 0.6 is 0 Å². The van der Waals surface area contributed by atoms with Crippen molar-refractivity contribution in [3.8, 4) is 5.75 Å². The van der Waals surface area contributed by atoms with Gasteiger partial charge in [-0.2, -0.15) is 0 Å². The van der Waals surface area contributed by atoms with Gasteiger partial charge in [0.05, 0.1) is 19.4 Å². The average molecular weight is 511 g/mol. The summed E-state index contributed by atoms with van der Waals surface area (Å²) in [6, 6.07) is 9.08. The number of unbranched alkanes of at least 4 members (excludes halogenated alkanes) is 2. The molecule has 0 bridgehead atoms. The summed E-state index contributed by atoms with van der Waals surface area (Å²) in [6.07, 6.45) is 3.61. The number of carbonyl (C=O) groups excluding carboxylic acids is 3. The number of methoxy groups -OCH3 is 1. The zero-order valence-corrected chi connectivity index (χ0v) is 21.6. The molecular weight excluding hydrogens is 476 g/mol. The molecule has 0 saturated heterocycles. The molecule has 4 rings (SSSR count). The number of aromatic nitrogens is 1. The first kappa shape index (κ1) is 26.3. The van der Waals surface area contributed by atoms with Crippen molar-refractivity contribution >= 4 is 28.7 Å². The van der Waals surface area contributed by atoms with Crippen molar-refractivity contribution in [1.82, 2.24) is 9.88 Å². The van der Waals surface area contributed by atoms with Crippen molar-refractivity contribution in [2.75, 3.05) is 20.3 Å². The van der Waals surface area contributed by atoms with Crippen LogP contribution in [0.2, 0.25) is 0 Å². The lowest BCUT2D eigenvalue weighted by Crippen LogP contribution is -2.40. The number of hydrogen-bond donors (Lipinski definition) is 1. The van der Waals surface area contributed by atoms with Gasteiger partial charge in [0.1, 0.15) is 29.9 Å². The van der Waals surface area contributed by atoms with Crippen LogP contribution in [0.1, 0.15) is 74.8 Å². The fourth-order valence-corrected chi connectivity index (χ4v) is 4.85. The Kier molecular flexibility index (Phi) is 8.53. The van der Waals surface area contributed by atoms with E-state index in [1.54, 1.807) is 20.1 Å². The Morgan fingerprint density at radius 2 is 1.89 bits per heavy atom. The van der Waals surface area contributed by atoms with Crippen LogP contribution in [-0.4, -0.2) is 48.0 Å². The number of furan rings is 1. The molecule has 0 unspecified atom stereocenters. The van der Waals surface area contributed by atoms with E-state index in [0.717, 1.165) is 34.3 Å². The smallest absolute Gasteiger partial charge is 0.305 e. The Morgan fingerprint density at radius 3 is 2.65 bits per heavy atom. The number of hydrogen-bond acceptors (Lipinski definition) is 7. The summed E-state index contributed by atoms with van der Waals surface area (Å²) in [5.41, 5.74) is 3.02. The van der Waals surface area contributed by atoms with Gasteiger partial charge in [0.2, 0.25) is 5.91 Å². The van der Waals surface area contributed by atoms with Crippen molar-refractivity contribution < 1.29 is 33.0 Å². The van der Waals surface area contributed by atoms with Gasteiger partial charge >= 0.3 is 11.9 Å². The highest BCUT2D eigenvalue weighted by Crippen LogP contribution is 2.40. The highest BCUT2D eigenvalue weighted by Gasteiger charge is 2.36. The molecule has 1 amide bonds. The summed E-state index contributed by atoms with van der Waals surface area (Å²) in [5.74, 6) is 1.34. The lowest BCUT2D eigenvalue weighted by atomic mass is 9.95. The van der Waals surface area contributed by atoms with Crippen molar-refractivity contribution in [3.63, 3.8) is 0 Å². The largest absolute Gasteiger partial charge is 0.497 e. The van der Waals surface area contributed by atoms with E-state index in [4.69, 9.17) is 18.6 Å². The standard InChI is InChI=1S/C28H34N2O7/c1-4-35-26(33)9-7-5-6-8-25(32)30-15-14-21-22-16-19(34-3)10-12-23(22)29-27(21)28(30)24-13-11-20(37-24)17-36-18(2)31/h10-13,16,28-29H,4-9,14-15,17H2,1-3H3/t28-/m1/s1. The van der Waals surface area contributed by atoms with E-state index < -0.39 is 6.04 Å². The summed E-state index contributed by atoms with van der Waals surface area (Å²) >= 11 is 0. The van der Waals surface area contributed by atoms with E-state index in [1.165, 1.54) is 6.92 Å². The maximum Gasteiger partial charge on any atom is 0.305 e. The Hall–Kier alpha value is -3.75. The minimum absolute atomic E-state index is 0.0287. The molecule has 9 nitrogen and oxygen atoms in total. The third-order valence-corrected chi connectivity index (χ3v) is 6.60. The number of carbonyl (C=O) groups is 3. The highest BCUT2D eigenvalue weighted by molar-refractivity contribution is 5.87. The number of fused-ring (bicyclic) bond motifs is 3. The molecule has 0 saturated carbocycles. The van der Waals surface area contributed by atoms with E-state index in [0.29, 0.717) is 56.8 Å². The second-order valence-electron chi connectivity index (χ2n) is 9.12. The fraction of sp³-hybridized carbons (Fsp3) is 0.464. The Morgan fingerprint density at radius 1 is 1.08 bits per heavy atom. The number of nitrogens with zero attached hydrogens (tertiary/aromatic N) is 1. The molecule has 3 heterocycles. The van der Waals surface area contributed by atoms with E-state index in [9.17, 15) is 14.4 Å². The maximum atomic E-state index is 13.4. The molecule has 0 fully saturated rings. The zero-order valence-electron chi connectivity index (χ0n) is 21.6. The minimum Gasteiger partial charge on any atom is -0.497 e. The monoisotopic (exact) mass is 510 g/mol. The number of benzene rings is 1. The van der Waals surface area contributed by atoms with E-state index in [-0.39, 0.29) is 24.5 Å². The fourth-order valence-electron chi connectivity index (χ4n) is 4.85. The SMILES string of the molecule is CCOC(=O)CCCCCC(=O)N1CCc2c([nH]c3ccc(OC)cc23)[C@H]1c1ccc(COC(C)=O)o1. The van der Waals surface area contributed by atoms with Gasteiger partial charge in [-0.1, -0.05) is 6.42 Å². The number of rotatable bonds is 11. The van der Waals surface area contributed by atoms with Crippen molar-refractivity contribution in [2.24, 2.45) is 0 Å². The Labute approximate surface area is 216 Å². The second kappa shape index (κ2) is 12.0. The zero-order chi connectivity index (χ0) is 26.4. The van der Waals surface area contributed by atoms with Crippen LogP contribution in [0.25, 0.3) is 10.9 Å². The van der Waals surface area contributed by atoms with Crippen LogP contribution in [0, 0.1) is 0 Å². The van der Waals surface area contributed by atoms with Gasteiger partial charge in [-0.25, -0.2) is 0 Å². The van der Waals surface area contributed by atoms with Gasteiger partial charge in [0.25, 0.3) is 0 Å². The van der Waals surface area contributed by atoms with Gasteiger partial charge in [-0.3, -0.25) is 14.4 Å². The van der Waals surface area contributed by atoms with Crippen molar-refractivity contribution in [2.45, 2.75) is 65.0 Å². The van der Waals surface area contributed by atoms with E-state index in [2.05, 4.69) is 4.98 Å². The Bertz CT molecular complexity index is 1260. The molecule has 1 atom stereocenters. The van der Waals surface area contributed by atoms with Crippen LogP contribution < -0.4 is 4.74 Å². The molecule has 198 valence electrons. The van der Waals surface area contributed by atoms with Gasteiger partial charge < -0.3 is 28.5 Å². The number of amides is 1. The topological polar surface area (TPSA) is 111 Å². The second-order valence-corrected chi connectivity index (χ2v) is 9.12. The summed E-state index contributed by atoms with van der Waals surface area (Å²) in [7, 11) is 1.64. The number of H-pyrrole nitrogens is 1. The normalized spacial score (nSPS) is 14.9. The molecule has 3 aromatic rings. The molecule has 0 aliphatic carbocycles. The summed E-state index contributed by atoms with van der Waals surface area (Å²) in [5, 5.41) is 1.07. The molecular formula is C28H34N2O7. The molecule has 9 heteroatoms. The first-order valence-electron chi connectivity index (χ1n) is 12.8. The first-order valence-corrected chi connectivity index (χ1v) is 12.8. The van der Waals surface area contributed by atoms with Crippen LogP contribution in [0.5, 0.6) is 5.75 Å².